The van der Waals surface area contributed by atoms with Crippen molar-refractivity contribution in [3.05, 3.63) is 53.9 Å². The summed E-state index contributed by atoms with van der Waals surface area (Å²) in [6.07, 6.45) is 6.01. The lowest BCUT2D eigenvalue weighted by Crippen LogP contribution is -2.25. The molecule has 1 fully saturated rings. The van der Waals surface area contributed by atoms with E-state index < -0.39 is 0 Å². The summed E-state index contributed by atoms with van der Waals surface area (Å²) in [6.45, 7) is 3.38. The van der Waals surface area contributed by atoms with Crippen LogP contribution in [0, 0.1) is 0 Å². The number of carbonyl (C=O) groups is 1. The molecule has 29 heavy (non-hydrogen) atoms. The molecule has 0 amide bonds. The molecule has 152 valence electrons. The van der Waals surface area contributed by atoms with Crippen molar-refractivity contribution in [2.45, 2.75) is 51.0 Å². The zero-order valence-electron chi connectivity index (χ0n) is 16.8. The van der Waals surface area contributed by atoms with E-state index in [9.17, 15) is 4.79 Å². The first-order chi connectivity index (χ1) is 14.2. The molecule has 1 aliphatic rings. The molecule has 1 aromatic carbocycles. The molecule has 0 radical (unpaired) electrons. The summed E-state index contributed by atoms with van der Waals surface area (Å²) in [4.78, 5) is 17.0. The van der Waals surface area contributed by atoms with E-state index in [1.807, 2.05) is 24.3 Å². The molecule has 4 rings (SSSR count). The number of ketones is 1. The Bertz CT molecular complexity index is 948. The van der Waals surface area contributed by atoms with Crippen LogP contribution in [0.25, 0.3) is 10.9 Å². The molecule has 0 aliphatic carbocycles. The molecular formula is C23H27N3O3. The molecule has 2 atom stereocenters. The summed E-state index contributed by atoms with van der Waals surface area (Å²) in [6, 6.07) is 12.0. The van der Waals surface area contributed by atoms with Crippen LogP contribution in [0.4, 0.5) is 0 Å². The van der Waals surface area contributed by atoms with Crippen LogP contribution in [-0.4, -0.2) is 40.3 Å². The fourth-order valence-corrected chi connectivity index (χ4v) is 3.77. The molecule has 6 nitrogen and oxygen atoms in total. The average molecular weight is 393 g/mol. The monoisotopic (exact) mass is 393 g/mol. The van der Waals surface area contributed by atoms with Crippen molar-refractivity contribution in [3.63, 3.8) is 0 Å². The van der Waals surface area contributed by atoms with E-state index in [-0.39, 0.29) is 17.8 Å². The molecule has 0 spiro atoms. The second kappa shape index (κ2) is 9.18. The van der Waals surface area contributed by atoms with Gasteiger partial charge in [-0.1, -0.05) is 37.3 Å². The molecule has 6 heteroatoms. The lowest BCUT2D eigenvalue weighted by atomic mass is 9.94. The highest BCUT2D eigenvalue weighted by Gasteiger charge is 2.17. The second-order valence-electron chi connectivity index (χ2n) is 7.78. The maximum absolute atomic E-state index is 12.5. The number of nitrogens with one attached hydrogen (secondary N) is 1. The zero-order chi connectivity index (χ0) is 20.1. The number of ether oxygens (including phenoxy) is 2. The van der Waals surface area contributed by atoms with Gasteiger partial charge in [-0.2, -0.15) is 0 Å². The van der Waals surface area contributed by atoms with E-state index in [2.05, 4.69) is 34.2 Å². The summed E-state index contributed by atoms with van der Waals surface area (Å²) in [5.74, 6) is 0.914. The number of carbonyl (C=O) groups excluding carboxylic acids is 1. The van der Waals surface area contributed by atoms with E-state index >= 15 is 0 Å². The molecule has 0 saturated carbocycles. The van der Waals surface area contributed by atoms with Crippen molar-refractivity contribution in [2.75, 3.05) is 13.2 Å². The number of aromatic amines is 1. The van der Waals surface area contributed by atoms with Crippen LogP contribution < -0.4 is 4.74 Å². The van der Waals surface area contributed by atoms with Crippen LogP contribution in [0.15, 0.2) is 42.6 Å². The number of H-pyrrole nitrogens is 1. The van der Waals surface area contributed by atoms with Crippen molar-refractivity contribution >= 4 is 16.7 Å². The third-order valence-electron chi connectivity index (χ3n) is 5.43. The Balaban J connectivity index is 1.35. The molecule has 3 aromatic rings. The van der Waals surface area contributed by atoms with Gasteiger partial charge in [0.1, 0.15) is 12.4 Å². The maximum atomic E-state index is 12.5. The van der Waals surface area contributed by atoms with Crippen molar-refractivity contribution in [1.29, 1.82) is 0 Å². The Labute approximate surface area is 170 Å². The van der Waals surface area contributed by atoms with Crippen molar-refractivity contribution in [1.82, 2.24) is 15.2 Å². The van der Waals surface area contributed by atoms with Gasteiger partial charge in [-0.05, 0) is 36.8 Å². The average Bonchev–Trinajstić information content (AvgIpc) is 3.15. The minimum absolute atomic E-state index is 0.131. The first-order valence-corrected chi connectivity index (χ1v) is 10.3. The van der Waals surface area contributed by atoms with Crippen molar-refractivity contribution in [2.24, 2.45) is 0 Å². The summed E-state index contributed by atoms with van der Waals surface area (Å²) in [5, 5.41) is 8.08. The zero-order valence-corrected chi connectivity index (χ0v) is 16.8. The molecule has 2 aromatic heterocycles. The number of rotatable bonds is 8. The van der Waals surface area contributed by atoms with Gasteiger partial charge in [0.2, 0.25) is 5.88 Å². The maximum Gasteiger partial charge on any atom is 0.242 e. The fourth-order valence-electron chi connectivity index (χ4n) is 3.77. The number of fused-ring (bicyclic) bond motifs is 1. The highest BCUT2D eigenvalue weighted by atomic mass is 16.5. The van der Waals surface area contributed by atoms with E-state index in [1.54, 1.807) is 6.20 Å². The van der Waals surface area contributed by atoms with E-state index in [4.69, 9.17) is 9.47 Å². The fraction of sp³-hybridized carbons (Fsp3) is 0.435. The third-order valence-corrected chi connectivity index (χ3v) is 5.43. The molecule has 3 heterocycles. The first-order valence-electron chi connectivity index (χ1n) is 10.3. The normalized spacial score (nSPS) is 17.9. The number of hydrogen-bond donors (Lipinski definition) is 1. The van der Waals surface area contributed by atoms with E-state index in [0.717, 1.165) is 36.0 Å². The van der Waals surface area contributed by atoms with Gasteiger partial charge in [-0.15, -0.1) is 5.10 Å². The van der Waals surface area contributed by atoms with Crippen LogP contribution in [0.1, 0.15) is 49.8 Å². The quantitative estimate of drug-likeness (QED) is 0.620. The third kappa shape index (κ3) is 5.01. The molecule has 1 N–H and O–H groups in total. The highest BCUT2D eigenvalue weighted by Crippen LogP contribution is 2.24. The Morgan fingerprint density at radius 1 is 1.31 bits per heavy atom. The topological polar surface area (TPSA) is 77.1 Å². The lowest BCUT2D eigenvalue weighted by molar-refractivity contribution is -0.118. The highest BCUT2D eigenvalue weighted by molar-refractivity contribution is 5.85. The number of nitrogens with zero attached hydrogens (tertiary/aromatic N) is 2. The number of pyridine rings is 1. The number of benzene rings is 1. The molecule has 1 aliphatic heterocycles. The predicted molar refractivity (Wildman–Crippen MR) is 111 cm³/mol. The van der Waals surface area contributed by atoms with Gasteiger partial charge in [-0.3, -0.25) is 14.9 Å². The summed E-state index contributed by atoms with van der Waals surface area (Å²) in [5.41, 5.74) is 2.76. The van der Waals surface area contributed by atoms with Crippen LogP contribution in [0.3, 0.4) is 0 Å². The summed E-state index contributed by atoms with van der Waals surface area (Å²) >= 11 is 0. The largest absolute Gasteiger partial charge is 0.473 e. The minimum Gasteiger partial charge on any atom is -0.473 e. The molecule has 1 saturated heterocycles. The standard InChI is InChI=1S/C23H27N3O3/c1-16(17-7-3-2-4-8-17)11-19(27)12-18-13-22-21(14-24-18)23(26-25-22)29-15-20-9-5-6-10-28-20/h2-4,7-8,13-14,16,20H,5-6,9-12,15H2,1H3,(H,25,26)/t16-,20?/m0/s1. The van der Waals surface area contributed by atoms with Gasteiger partial charge in [0, 0.05) is 31.3 Å². The Morgan fingerprint density at radius 2 is 2.17 bits per heavy atom. The molecular weight excluding hydrogens is 366 g/mol. The van der Waals surface area contributed by atoms with Gasteiger partial charge < -0.3 is 9.47 Å². The Hall–Kier alpha value is -2.73. The SMILES string of the molecule is C[C@@H](CC(=O)Cc1cc2[nH]nc(OCC3CCCCO3)c2cn1)c1ccccc1. The Kier molecular flexibility index (Phi) is 6.20. The van der Waals surface area contributed by atoms with Gasteiger partial charge in [0.05, 0.1) is 17.0 Å². The molecule has 0 bridgehead atoms. The van der Waals surface area contributed by atoms with Gasteiger partial charge in [0.15, 0.2) is 0 Å². The first kappa shape index (κ1) is 19.6. The lowest BCUT2D eigenvalue weighted by Gasteiger charge is -2.21. The van der Waals surface area contributed by atoms with Crippen LogP contribution in [0.2, 0.25) is 0 Å². The van der Waals surface area contributed by atoms with Crippen LogP contribution in [-0.2, 0) is 16.0 Å². The van der Waals surface area contributed by atoms with E-state index in [1.165, 1.54) is 12.0 Å². The van der Waals surface area contributed by atoms with Crippen LogP contribution >= 0.6 is 0 Å². The summed E-state index contributed by atoms with van der Waals surface area (Å²) < 4.78 is 11.5. The smallest absolute Gasteiger partial charge is 0.242 e. The molecule has 1 unspecified atom stereocenters. The minimum atomic E-state index is 0.131. The van der Waals surface area contributed by atoms with Gasteiger partial charge in [0.25, 0.3) is 0 Å². The number of aromatic nitrogens is 3. The van der Waals surface area contributed by atoms with Gasteiger partial charge in [-0.25, -0.2) is 0 Å². The van der Waals surface area contributed by atoms with E-state index in [0.29, 0.717) is 25.3 Å². The predicted octanol–water partition coefficient (Wildman–Crippen LogP) is 4.21. The number of Topliss-reactive ketones (excluding diaryl/α,β-unsaturated/α-hetero) is 1. The van der Waals surface area contributed by atoms with Crippen LogP contribution in [0.5, 0.6) is 5.88 Å². The van der Waals surface area contributed by atoms with Crippen molar-refractivity contribution in [3.8, 4) is 5.88 Å². The van der Waals surface area contributed by atoms with Crippen molar-refractivity contribution < 1.29 is 14.3 Å². The second-order valence-corrected chi connectivity index (χ2v) is 7.78. The Morgan fingerprint density at radius 3 is 2.97 bits per heavy atom. The summed E-state index contributed by atoms with van der Waals surface area (Å²) in [7, 11) is 0. The van der Waals surface area contributed by atoms with Gasteiger partial charge >= 0.3 is 0 Å². The number of hydrogen-bond acceptors (Lipinski definition) is 5.